The lowest BCUT2D eigenvalue weighted by Crippen LogP contribution is -2.44. The zero-order valence-electron chi connectivity index (χ0n) is 10.6. The van der Waals surface area contributed by atoms with Gasteiger partial charge in [0, 0.05) is 25.9 Å². The number of nitrogens with zero attached hydrogens (tertiary/aromatic N) is 1. The van der Waals surface area contributed by atoms with E-state index in [0.29, 0.717) is 13.1 Å². The van der Waals surface area contributed by atoms with E-state index in [4.69, 9.17) is 10.8 Å². The summed E-state index contributed by atoms with van der Waals surface area (Å²) in [6.07, 6.45) is 1.69. The molecule has 1 aliphatic heterocycles. The first-order valence-electron chi connectivity index (χ1n) is 6.19. The molecule has 3 N–H and O–H groups in total. The van der Waals surface area contributed by atoms with Crippen LogP contribution in [0.25, 0.3) is 0 Å². The molecule has 6 nitrogen and oxygen atoms in total. The van der Waals surface area contributed by atoms with Crippen LogP contribution in [-0.2, 0) is 14.4 Å². The van der Waals surface area contributed by atoms with Crippen LogP contribution >= 0.6 is 0 Å². The Morgan fingerprint density at radius 1 is 1.39 bits per heavy atom. The number of amides is 2. The Balaban J connectivity index is 2.46. The second-order valence-electron chi connectivity index (χ2n) is 4.99. The van der Waals surface area contributed by atoms with E-state index in [-0.39, 0.29) is 36.5 Å². The fourth-order valence-corrected chi connectivity index (χ4v) is 2.23. The third kappa shape index (κ3) is 4.35. The SMILES string of the molecule is CC(CC(=O)O)CC(=O)N1CCCC(C(N)=O)C1. The van der Waals surface area contributed by atoms with Crippen molar-refractivity contribution in [2.45, 2.75) is 32.6 Å². The molecule has 1 saturated heterocycles. The first kappa shape index (κ1) is 14.5. The molecular weight excluding hydrogens is 236 g/mol. The number of aliphatic carboxylic acids is 1. The molecule has 0 radical (unpaired) electrons. The zero-order valence-corrected chi connectivity index (χ0v) is 10.6. The van der Waals surface area contributed by atoms with Gasteiger partial charge in [-0.25, -0.2) is 0 Å². The number of carboxylic acids is 1. The highest BCUT2D eigenvalue weighted by atomic mass is 16.4. The number of rotatable bonds is 5. The molecule has 1 aliphatic rings. The Morgan fingerprint density at radius 3 is 2.61 bits per heavy atom. The number of piperidine rings is 1. The highest BCUT2D eigenvalue weighted by Crippen LogP contribution is 2.18. The molecule has 1 heterocycles. The smallest absolute Gasteiger partial charge is 0.303 e. The summed E-state index contributed by atoms with van der Waals surface area (Å²) in [5.41, 5.74) is 5.24. The van der Waals surface area contributed by atoms with Gasteiger partial charge in [-0.2, -0.15) is 0 Å². The minimum absolute atomic E-state index is 0.0151. The third-order valence-electron chi connectivity index (χ3n) is 3.22. The molecule has 102 valence electrons. The van der Waals surface area contributed by atoms with Crippen molar-refractivity contribution in [2.24, 2.45) is 17.6 Å². The van der Waals surface area contributed by atoms with Crippen molar-refractivity contribution in [1.29, 1.82) is 0 Å². The number of hydrogen-bond acceptors (Lipinski definition) is 3. The van der Waals surface area contributed by atoms with Crippen LogP contribution in [-0.4, -0.2) is 40.9 Å². The first-order chi connectivity index (χ1) is 8.40. The molecule has 2 unspecified atom stereocenters. The molecule has 0 bridgehead atoms. The maximum absolute atomic E-state index is 11.9. The lowest BCUT2D eigenvalue weighted by atomic mass is 9.96. The maximum Gasteiger partial charge on any atom is 0.303 e. The molecule has 0 aromatic heterocycles. The van der Waals surface area contributed by atoms with Gasteiger partial charge in [-0.3, -0.25) is 14.4 Å². The Hall–Kier alpha value is -1.59. The van der Waals surface area contributed by atoms with Crippen molar-refractivity contribution in [3.8, 4) is 0 Å². The average Bonchev–Trinajstić information content (AvgIpc) is 2.27. The summed E-state index contributed by atoms with van der Waals surface area (Å²) in [5.74, 6) is -1.81. The Morgan fingerprint density at radius 2 is 2.06 bits per heavy atom. The summed E-state index contributed by atoms with van der Waals surface area (Å²) < 4.78 is 0. The van der Waals surface area contributed by atoms with Crippen LogP contribution in [0.5, 0.6) is 0 Å². The van der Waals surface area contributed by atoms with E-state index in [2.05, 4.69) is 0 Å². The Bertz CT molecular complexity index is 343. The summed E-state index contributed by atoms with van der Waals surface area (Å²) in [6.45, 7) is 2.73. The molecular formula is C12H20N2O4. The van der Waals surface area contributed by atoms with Crippen molar-refractivity contribution in [1.82, 2.24) is 4.90 Å². The summed E-state index contributed by atoms with van der Waals surface area (Å²) in [7, 11) is 0. The molecule has 0 saturated carbocycles. The van der Waals surface area contributed by atoms with Crippen LogP contribution in [0.2, 0.25) is 0 Å². The van der Waals surface area contributed by atoms with Gasteiger partial charge < -0.3 is 15.7 Å². The molecule has 18 heavy (non-hydrogen) atoms. The number of carbonyl (C=O) groups is 3. The summed E-state index contributed by atoms with van der Waals surface area (Å²) in [5, 5.41) is 8.64. The van der Waals surface area contributed by atoms with Crippen molar-refractivity contribution < 1.29 is 19.5 Å². The number of carboxylic acid groups (broad SMARTS) is 1. The Kier molecular flexibility index (Phi) is 5.12. The summed E-state index contributed by atoms with van der Waals surface area (Å²) >= 11 is 0. The Labute approximate surface area is 106 Å². The van der Waals surface area contributed by atoms with Gasteiger partial charge in [0.2, 0.25) is 11.8 Å². The second kappa shape index (κ2) is 6.37. The van der Waals surface area contributed by atoms with Gasteiger partial charge in [0.15, 0.2) is 0 Å². The van der Waals surface area contributed by atoms with Crippen LogP contribution in [0.15, 0.2) is 0 Å². The summed E-state index contributed by atoms with van der Waals surface area (Å²) in [6, 6.07) is 0. The van der Waals surface area contributed by atoms with Crippen molar-refractivity contribution >= 4 is 17.8 Å². The molecule has 0 spiro atoms. The normalized spacial score (nSPS) is 21.4. The van der Waals surface area contributed by atoms with Crippen LogP contribution in [0.3, 0.4) is 0 Å². The van der Waals surface area contributed by atoms with E-state index < -0.39 is 5.97 Å². The van der Waals surface area contributed by atoms with Crippen LogP contribution < -0.4 is 5.73 Å². The average molecular weight is 256 g/mol. The zero-order chi connectivity index (χ0) is 13.7. The minimum Gasteiger partial charge on any atom is -0.481 e. The molecule has 2 atom stereocenters. The maximum atomic E-state index is 11.9. The van der Waals surface area contributed by atoms with E-state index in [1.165, 1.54) is 0 Å². The van der Waals surface area contributed by atoms with E-state index >= 15 is 0 Å². The highest BCUT2D eigenvalue weighted by Gasteiger charge is 2.27. The standard InChI is InChI=1S/C12H20N2O4/c1-8(6-11(16)17)5-10(15)14-4-2-3-9(7-14)12(13)18/h8-9H,2-7H2,1H3,(H2,13,18)(H,16,17). The molecule has 1 fully saturated rings. The van der Waals surface area contributed by atoms with E-state index in [0.717, 1.165) is 12.8 Å². The van der Waals surface area contributed by atoms with Gasteiger partial charge in [-0.1, -0.05) is 6.92 Å². The van der Waals surface area contributed by atoms with Crippen LogP contribution in [0, 0.1) is 11.8 Å². The van der Waals surface area contributed by atoms with Gasteiger partial charge in [0.25, 0.3) is 0 Å². The molecule has 6 heteroatoms. The van der Waals surface area contributed by atoms with E-state index in [9.17, 15) is 14.4 Å². The van der Waals surface area contributed by atoms with Gasteiger partial charge in [-0.15, -0.1) is 0 Å². The number of nitrogens with two attached hydrogens (primary N) is 1. The summed E-state index contributed by atoms with van der Waals surface area (Å²) in [4.78, 5) is 35.2. The third-order valence-corrected chi connectivity index (χ3v) is 3.22. The fraction of sp³-hybridized carbons (Fsp3) is 0.750. The van der Waals surface area contributed by atoms with Crippen LogP contribution in [0.1, 0.15) is 32.6 Å². The predicted molar refractivity (Wildman–Crippen MR) is 64.5 cm³/mol. The minimum atomic E-state index is -0.899. The number of primary amides is 1. The van der Waals surface area contributed by atoms with Crippen LogP contribution in [0.4, 0.5) is 0 Å². The lowest BCUT2D eigenvalue weighted by molar-refractivity contribution is -0.139. The van der Waals surface area contributed by atoms with E-state index in [1.807, 2.05) is 0 Å². The fourth-order valence-electron chi connectivity index (χ4n) is 2.23. The number of carbonyl (C=O) groups excluding carboxylic acids is 2. The molecule has 0 aromatic carbocycles. The van der Waals surface area contributed by atoms with Crippen molar-refractivity contribution in [3.63, 3.8) is 0 Å². The lowest BCUT2D eigenvalue weighted by Gasteiger charge is -2.31. The largest absolute Gasteiger partial charge is 0.481 e. The van der Waals surface area contributed by atoms with Crippen molar-refractivity contribution in [3.05, 3.63) is 0 Å². The van der Waals surface area contributed by atoms with Gasteiger partial charge in [0.1, 0.15) is 0 Å². The monoisotopic (exact) mass is 256 g/mol. The van der Waals surface area contributed by atoms with E-state index in [1.54, 1.807) is 11.8 Å². The second-order valence-corrected chi connectivity index (χ2v) is 4.99. The predicted octanol–water partition coefficient (Wildman–Crippen LogP) is 0.211. The quantitative estimate of drug-likeness (QED) is 0.734. The van der Waals surface area contributed by atoms with Gasteiger partial charge in [0.05, 0.1) is 5.92 Å². The van der Waals surface area contributed by atoms with Crippen molar-refractivity contribution in [2.75, 3.05) is 13.1 Å². The highest BCUT2D eigenvalue weighted by molar-refractivity contribution is 5.80. The van der Waals surface area contributed by atoms with Gasteiger partial charge >= 0.3 is 5.97 Å². The number of hydrogen-bond donors (Lipinski definition) is 2. The molecule has 1 rings (SSSR count). The topological polar surface area (TPSA) is 101 Å². The molecule has 0 aliphatic carbocycles. The molecule has 0 aromatic rings. The number of likely N-dealkylation sites (tertiary alicyclic amines) is 1. The van der Waals surface area contributed by atoms with Gasteiger partial charge in [-0.05, 0) is 18.8 Å². The molecule has 2 amide bonds. The first-order valence-corrected chi connectivity index (χ1v) is 6.19.